The Morgan fingerprint density at radius 2 is 2.14 bits per heavy atom. The smallest absolute Gasteiger partial charge is 0.00615 e. The van der Waals surface area contributed by atoms with Gasteiger partial charge in [0, 0.05) is 11.0 Å². The monoisotopic (exact) mass is 119 g/mol. The van der Waals surface area contributed by atoms with E-state index in [1.54, 1.807) is 0 Å². The molecule has 2 heteroatoms. The minimum Gasteiger partial charge on any atom is -0.284 e. The Kier molecular flexibility index (Phi) is 1.08. The molecule has 0 aromatic rings. The average Bonchev–Trinajstić information content (AvgIpc) is 2.18. The lowest BCUT2D eigenvalue weighted by molar-refractivity contribution is 1.22. The van der Waals surface area contributed by atoms with Crippen LogP contribution in [0.25, 0.3) is 0 Å². The van der Waals surface area contributed by atoms with Crippen LogP contribution in [0.4, 0.5) is 0 Å². The number of hydrogen-bond donors (Lipinski definition) is 1. The van der Waals surface area contributed by atoms with Crippen molar-refractivity contribution in [3.05, 3.63) is 0 Å². The second-order valence-electron chi connectivity index (χ2n) is 2.34. The summed E-state index contributed by atoms with van der Waals surface area (Å²) < 4.78 is 3.35. The maximum Gasteiger partial charge on any atom is 0.00615 e. The van der Waals surface area contributed by atoms with Gasteiger partial charge in [-0.2, -0.15) is 10.2 Å². The fraction of sp³-hybridized carbons (Fsp3) is 1.00. The molecule has 0 aromatic carbocycles. The van der Waals surface area contributed by atoms with Crippen LogP contribution in [0.2, 0.25) is 0 Å². The van der Waals surface area contributed by atoms with Crippen molar-refractivity contribution in [2.45, 2.75) is 12.2 Å². The van der Waals surface area contributed by atoms with Crippen molar-refractivity contribution in [2.75, 3.05) is 19.1 Å². The van der Waals surface area contributed by atoms with Crippen molar-refractivity contribution in [1.29, 1.82) is 0 Å². The molecule has 1 aliphatic heterocycles. The number of rotatable bonds is 1. The minimum atomic E-state index is -0.241. The van der Waals surface area contributed by atoms with Gasteiger partial charge in [-0.05, 0) is 13.3 Å². The summed E-state index contributed by atoms with van der Waals surface area (Å²) in [4.78, 5) is 0. The van der Waals surface area contributed by atoms with E-state index in [0.29, 0.717) is 0 Å². The van der Waals surface area contributed by atoms with Crippen LogP contribution in [0.15, 0.2) is 0 Å². The van der Waals surface area contributed by atoms with Gasteiger partial charge >= 0.3 is 0 Å². The van der Waals surface area contributed by atoms with Crippen molar-refractivity contribution < 1.29 is 0 Å². The summed E-state index contributed by atoms with van der Waals surface area (Å²) in [5.74, 6) is 1.43. The zero-order chi connectivity index (χ0) is 5.49. The van der Waals surface area contributed by atoms with E-state index in [-0.39, 0.29) is 10.2 Å². The molecule has 0 spiro atoms. The highest BCUT2D eigenvalue weighted by Crippen LogP contribution is 2.60. The van der Waals surface area contributed by atoms with Gasteiger partial charge < -0.3 is 0 Å². The molecule has 1 heterocycles. The number of nitrogens with one attached hydrogen (secondary N) is 1. The van der Waals surface area contributed by atoms with Gasteiger partial charge in [-0.1, -0.05) is 6.92 Å². The lowest BCUT2D eigenvalue weighted by Crippen LogP contribution is -2.02. The third kappa shape index (κ3) is 0.774. The van der Waals surface area contributed by atoms with Crippen LogP contribution in [0.1, 0.15) is 6.92 Å². The zero-order valence-electron chi connectivity index (χ0n) is 5.19. The van der Waals surface area contributed by atoms with Crippen LogP contribution in [0, 0.1) is 0 Å². The standard InChI is InChI=1S/C5H13NS/c1-5-4-7(5,3)6-2/h5-6H,4H2,1-3H3. The van der Waals surface area contributed by atoms with E-state index in [1.165, 1.54) is 5.75 Å². The van der Waals surface area contributed by atoms with Crippen LogP contribution in [0.3, 0.4) is 0 Å². The number of hydrogen-bond acceptors (Lipinski definition) is 1. The van der Waals surface area contributed by atoms with Crippen LogP contribution in [-0.2, 0) is 0 Å². The van der Waals surface area contributed by atoms with Gasteiger partial charge in [-0.3, -0.25) is 4.72 Å². The van der Waals surface area contributed by atoms with Crippen LogP contribution in [0.5, 0.6) is 0 Å². The lowest BCUT2D eigenvalue weighted by Gasteiger charge is -2.11. The van der Waals surface area contributed by atoms with Gasteiger partial charge in [-0.25, -0.2) is 0 Å². The summed E-state index contributed by atoms with van der Waals surface area (Å²) in [5, 5.41) is 0.984. The third-order valence-electron chi connectivity index (χ3n) is 1.82. The van der Waals surface area contributed by atoms with E-state index in [2.05, 4.69) is 24.9 Å². The molecule has 0 radical (unpaired) electrons. The quantitative estimate of drug-likeness (QED) is 0.507. The largest absolute Gasteiger partial charge is 0.284 e. The molecule has 1 saturated heterocycles. The average molecular weight is 119 g/mol. The second-order valence-corrected chi connectivity index (χ2v) is 6.20. The van der Waals surface area contributed by atoms with Gasteiger partial charge in [0.05, 0.1) is 0 Å². The molecule has 1 fully saturated rings. The third-order valence-corrected chi connectivity index (χ3v) is 5.46. The van der Waals surface area contributed by atoms with Gasteiger partial charge in [0.2, 0.25) is 0 Å². The highest BCUT2D eigenvalue weighted by atomic mass is 32.3. The van der Waals surface area contributed by atoms with Crippen molar-refractivity contribution in [1.82, 2.24) is 4.72 Å². The van der Waals surface area contributed by atoms with E-state index >= 15 is 0 Å². The maximum absolute atomic E-state index is 3.35. The molecular formula is C5H13NS. The SMILES string of the molecule is CNS1(C)CC1C. The minimum absolute atomic E-state index is 0.241. The lowest BCUT2D eigenvalue weighted by atomic mass is 10.6. The molecule has 0 bridgehead atoms. The molecule has 2 unspecified atom stereocenters. The summed E-state index contributed by atoms with van der Waals surface area (Å²) in [6.07, 6.45) is 2.34. The summed E-state index contributed by atoms with van der Waals surface area (Å²) in [6, 6.07) is 0. The Labute approximate surface area is 46.9 Å². The van der Waals surface area contributed by atoms with Crippen molar-refractivity contribution >= 4 is 10.2 Å². The highest BCUT2D eigenvalue weighted by Gasteiger charge is 2.39. The van der Waals surface area contributed by atoms with E-state index in [4.69, 9.17) is 0 Å². The first-order valence-electron chi connectivity index (χ1n) is 2.62. The molecule has 1 aliphatic rings. The van der Waals surface area contributed by atoms with Crippen molar-refractivity contribution in [2.24, 2.45) is 0 Å². The Morgan fingerprint density at radius 3 is 2.14 bits per heavy atom. The molecule has 7 heavy (non-hydrogen) atoms. The van der Waals surface area contributed by atoms with Crippen molar-refractivity contribution in [3.8, 4) is 0 Å². The first kappa shape index (κ1) is 5.45. The zero-order valence-corrected chi connectivity index (χ0v) is 6.01. The molecule has 0 aromatic heterocycles. The Hall–Kier alpha value is 0.310. The summed E-state index contributed by atoms with van der Waals surface area (Å²) in [5.41, 5.74) is 0. The molecule has 1 rings (SSSR count). The van der Waals surface area contributed by atoms with Gasteiger partial charge in [-0.15, -0.1) is 0 Å². The maximum atomic E-state index is 3.35. The molecular weight excluding hydrogens is 106 g/mol. The fourth-order valence-corrected chi connectivity index (χ4v) is 2.81. The summed E-state index contributed by atoms with van der Waals surface area (Å²) in [6.45, 7) is 2.31. The Balaban J connectivity index is 2.36. The first-order chi connectivity index (χ1) is 3.19. The van der Waals surface area contributed by atoms with Crippen molar-refractivity contribution in [3.63, 3.8) is 0 Å². The predicted molar refractivity (Wildman–Crippen MR) is 36.9 cm³/mol. The van der Waals surface area contributed by atoms with E-state index in [9.17, 15) is 0 Å². The summed E-state index contributed by atoms with van der Waals surface area (Å²) >= 11 is 0. The molecule has 0 aliphatic carbocycles. The molecule has 44 valence electrons. The topological polar surface area (TPSA) is 12.0 Å². The van der Waals surface area contributed by atoms with Crippen LogP contribution in [-0.4, -0.2) is 24.3 Å². The molecule has 0 amide bonds. The molecule has 1 nitrogen and oxygen atoms in total. The summed E-state index contributed by atoms with van der Waals surface area (Å²) in [7, 11) is 1.83. The van der Waals surface area contributed by atoms with Gasteiger partial charge in [0.25, 0.3) is 0 Å². The first-order valence-corrected chi connectivity index (χ1v) is 4.90. The second kappa shape index (κ2) is 1.39. The van der Waals surface area contributed by atoms with Gasteiger partial charge in [0.15, 0.2) is 0 Å². The predicted octanol–water partition coefficient (Wildman–Crippen LogP) is 0.957. The van der Waals surface area contributed by atoms with Gasteiger partial charge in [0.1, 0.15) is 0 Å². The molecule has 2 atom stereocenters. The van der Waals surface area contributed by atoms with E-state index < -0.39 is 0 Å². The Morgan fingerprint density at radius 1 is 1.71 bits per heavy atom. The fourth-order valence-electron chi connectivity index (χ4n) is 0.733. The van der Waals surface area contributed by atoms with E-state index in [1.807, 2.05) is 0 Å². The molecule has 1 N–H and O–H groups in total. The normalized spacial score (nSPS) is 58.4. The van der Waals surface area contributed by atoms with Crippen LogP contribution < -0.4 is 4.72 Å². The van der Waals surface area contributed by atoms with Crippen LogP contribution >= 0.6 is 10.2 Å². The van der Waals surface area contributed by atoms with E-state index in [0.717, 1.165) is 5.25 Å². The Bertz CT molecular complexity index is 80.1. The molecule has 0 saturated carbocycles. The highest BCUT2D eigenvalue weighted by molar-refractivity contribution is 8.38.